The summed E-state index contributed by atoms with van der Waals surface area (Å²) in [6, 6.07) is 22.6. The monoisotopic (exact) mass is 1380 g/mol. The van der Waals surface area contributed by atoms with Gasteiger partial charge in [0.05, 0.1) is 53.0 Å². The van der Waals surface area contributed by atoms with E-state index in [0.29, 0.717) is 81.9 Å². The Morgan fingerprint density at radius 3 is 2.31 bits per heavy atom. The van der Waals surface area contributed by atoms with Crippen LogP contribution >= 0.6 is 11.3 Å². The fourth-order valence-corrected chi connectivity index (χ4v) is 16.7. The van der Waals surface area contributed by atoms with Crippen molar-refractivity contribution in [3.8, 4) is 33.9 Å². The van der Waals surface area contributed by atoms with Gasteiger partial charge in [-0.25, -0.2) is 24.4 Å². The summed E-state index contributed by atoms with van der Waals surface area (Å²) >= 11 is 1.37. The Labute approximate surface area is 573 Å². The van der Waals surface area contributed by atoms with Crippen LogP contribution in [0.25, 0.3) is 43.5 Å². The van der Waals surface area contributed by atoms with E-state index in [1.54, 1.807) is 55.8 Å². The molecular formula is C71H79N9O18S. The molecule has 4 bridgehead atoms. The fraction of sp³-hybridized carbons (Fsp3) is 0.451. The van der Waals surface area contributed by atoms with Crippen molar-refractivity contribution in [3.63, 3.8) is 0 Å². The summed E-state index contributed by atoms with van der Waals surface area (Å²) in [4.78, 5) is 105. The van der Waals surface area contributed by atoms with Crippen LogP contribution < -0.4 is 20.1 Å². The van der Waals surface area contributed by atoms with Crippen LogP contribution in [0, 0.1) is 23.2 Å². The zero-order valence-corrected chi connectivity index (χ0v) is 56.0. The third-order valence-corrected chi connectivity index (χ3v) is 20.2. The number of unbranched alkanes of at least 4 members (excludes halogenated alkanes) is 2. The second-order valence-electron chi connectivity index (χ2n) is 27.3. The van der Waals surface area contributed by atoms with Gasteiger partial charge in [0, 0.05) is 103 Å². The molecule has 7 aromatic rings. The molecule has 4 saturated carbocycles. The van der Waals surface area contributed by atoms with Gasteiger partial charge in [0.15, 0.2) is 16.9 Å². The number of aliphatic carboxylic acids is 1. The minimum Gasteiger partial charge on any atom is -0.491 e. The first-order valence-electron chi connectivity index (χ1n) is 33.0. The van der Waals surface area contributed by atoms with E-state index in [-0.39, 0.29) is 110 Å². The van der Waals surface area contributed by atoms with Crippen molar-refractivity contribution < 1.29 is 87.5 Å². The van der Waals surface area contributed by atoms with Gasteiger partial charge in [-0.3, -0.25) is 39.1 Å². The first-order valence-corrected chi connectivity index (χ1v) is 33.8. The molecule has 6 heterocycles. The highest BCUT2D eigenvalue weighted by Crippen LogP contribution is 2.72. The number of aliphatic hydroxyl groups is 3. The Balaban J connectivity index is 0.660. The number of ether oxygens (including phenoxy) is 6. The number of hydrogen-bond acceptors (Lipinski definition) is 21. The van der Waals surface area contributed by atoms with E-state index in [4.69, 9.17) is 38.5 Å². The molecule has 4 aliphatic carbocycles. The first-order chi connectivity index (χ1) is 47.4. The lowest BCUT2D eigenvalue weighted by atomic mass is 9.39. The van der Waals surface area contributed by atoms with Gasteiger partial charge >= 0.3 is 18.0 Å². The number of imide groups is 1. The summed E-state index contributed by atoms with van der Waals surface area (Å²) in [7, 11) is 1.61. The average Bonchev–Trinajstić information content (AvgIpc) is 1.02. The molecule has 4 aromatic heterocycles. The molecule has 3 aromatic carbocycles. The molecule has 0 spiro atoms. The minimum absolute atomic E-state index is 0.0108. The fourth-order valence-electron chi connectivity index (χ4n) is 15.8. The van der Waals surface area contributed by atoms with E-state index >= 15 is 0 Å². The number of nitrogens with zero attached hydrogens (tertiary/aromatic N) is 7. The highest BCUT2D eigenvalue weighted by atomic mass is 32.1. The van der Waals surface area contributed by atoms with Crippen molar-refractivity contribution in [2.45, 2.75) is 134 Å². The summed E-state index contributed by atoms with van der Waals surface area (Å²) in [5.41, 5.74) is 3.87. The van der Waals surface area contributed by atoms with Crippen molar-refractivity contribution >= 4 is 79.2 Å². The number of benzene rings is 3. The average molecular weight is 1380 g/mol. The number of para-hydroxylation sites is 1. The number of fused-ring (bicyclic) bond motifs is 2. The SMILES string of the molecule is Cc1c(-c2ccc(-c3cnc4cccc(C(=O)Nc5nc6ccccc6s5)c4c3)nc2C(=O)O)cnn1CC12CC3(C)CC(C)(C1)CC(OCCN(C)C(=O)OCc1ccc(O[C@@H]4O[C@H](C(=O)O)[C@H](O)[C@H](O)[C@@H]4O)cc1OCCOCCNC(=O)CCCCCN1C(=O)C=CC1=O)(C3)C2. The number of hydrogen-bond donors (Lipinski definition) is 7. The number of amides is 5. The molecule has 1 saturated heterocycles. The van der Waals surface area contributed by atoms with E-state index in [1.165, 1.54) is 51.5 Å². The number of likely N-dealkylation sites (N-methyl/N-ethyl adjacent to an activating group) is 1. The van der Waals surface area contributed by atoms with E-state index in [1.807, 2.05) is 35.9 Å². The van der Waals surface area contributed by atoms with Crippen LogP contribution in [0.5, 0.6) is 11.5 Å². The number of pyridine rings is 2. The summed E-state index contributed by atoms with van der Waals surface area (Å²) in [6.45, 7) is 8.01. The molecule has 7 atom stereocenters. The number of rotatable bonds is 29. The molecule has 6 aliphatic rings. The summed E-state index contributed by atoms with van der Waals surface area (Å²) in [6.07, 6.45) is 3.25. The Hall–Kier alpha value is -9.29. The number of carbonyl (C=O) groups excluding carboxylic acids is 5. The molecular weight excluding hydrogens is 1300 g/mol. The van der Waals surface area contributed by atoms with Crippen LogP contribution in [0.1, 0.15) is 110 Å². The van der Waals surface area contributed by atoms with Crippen molar-refractivity contribution in [2.24, 2.45) is 16.2 Å². The zero-order valence-electron chi connectivity index (χ0n) is 55.2. The number of thiazole rings is 1. The lowest BCUT2D eigenvalue weighted by Gasteiger charge is -2.69. The van der Waals surface area contributed by atoms with Gasteiger partial charge in [-0.2, -0.15) is 5.10 Å². The molecule has 2 aliphatic heterocycles. The quantitative estimate of drug-likeness (QED) is 0.0174. The van der Waals surface area contributed by atoms with Gasteiger partial charge in [-0.05, 0) is 129 Å². The topological polar surface area (TPSA) is 363 Å². The van der Waals surface area contributed by atoms with Gasteiger partial charge < -0.3 is 64.2 Å². The minimum atomic E-state index is -1.94. The first kappa shape index (κ1) is 69.6. The predicted octanol–water partition coefficient (Wildman–Crippen LogP) is 7.70. The maximum Gasteiger partial charge on any atom is 0.409 e. The Kier molecular flexibility index (Phi) is 20.3. The van der Waals surface area contributed by atoms with Crippen molar-refractivity contribution in [2.75, 3.05) is 58.4 Å². The van der Waals surface area contributed by atoms with Gasteiger partial charge in [0.25, 0.3) is 17.7 Å². The highest BCUT2D eigenvalue weighted by molar-refractivity contribution is 7.22. The molecule has 5 amide bonds. The highest BCUT2D eigenvalue weighted by Gasteiger charge is 2.66. The van der Waals surface area contributed by atoms with E-state index in [2.05, 4.69) is 34.4 Å². The Bertz CT molecular complexity index is 4220. The van der Waals surface area contributed by atoms with Crippen LogP contribution in [0.4, 0.5) is 9.93 Å². The number of carboxylic acid groups (broad SMARTS) is 2. The van der Waals surface area contributed by atoms with Gasteiger partial charge in [0.2, 0.25) is 12.2 Å². The van der Waals surface area contributed by atoms with Gasteiger partial charge in [0.1, 0.15) is 43.0 Å². The van der Waals surface area contributed by atoms with Crippen LogP contribution in [0.2, 0.25) is 0 Å². The Morgan fingerprint density at radius 1 is 0.788 bits per heavy atom. The molecule has 7 N–H and O–H groups in total. The maximum atomic E-state index is 13.7. The van der Waals surface area contributed by atoms with Gasteiger partial charge in [-0.15, -0.1) is 0 Å². The maximum absolute atomic E-state index is 13.7. The van der Waals surface area contributed by atoms with Gasteiger partial charge in [-0.1, -0.05) is 49.8 Å². The molecule has 28 heteroatoms. The van der Waals surface area contributed by atoms with E-state index in [0.717, 1.165) is 54.4 Å². The van der Waals surface area contributed by atoms with Crippen molar-refractivity contribution in [1.82, 2.24) is 39.8 Å². The standard InChI is InChI=1S/C71H79N9O18S/c1-41-48(45-18-19-49(75-57(45)63(88)89)43-29-47-46(11-10-13-50(47)73-31-43)62(87)77-66-76-51-12-7-8-14-53(51)99-66)32-74-80(41)40-70-35-68(2)34-69(3,36-70)38-71(37-68,39-70)96-26-24-78(4)67(92)95-33-42-16-17-44(97-65-60(86)58(84)59(85)61(98-65)64(90)91)30-52(42)94-28-27-93-25-22-72-54(81)15-6-5-9-23-79-55(82)20-21-56(79)83/h7-8,10-14,16-21,29-32,58-61,65,84-86H,5-6,9,15,22-28,33-40H2,1-4H3,(H,72,81)(H,88,89)(H,90,91)(H,76,77,87)/t58-,59+,60-,61-,65+,68?,69?,70?,71?/m0/s1. The van der Waals surface area contributed by atoms with E-state index in [9.17, 15) is 59.1 Å². The molecule has 5 fully saturated rings. The molecule has 522 valence electrons. The second-order valence-corrected chi connectivity index (χ2v) is 28.4. The van der Waals surface area contributed by atoms with Crippen molar-refractivity contribution in [1.29, 1.82) is 0 Å². The largest absolute Gasteiger partial charge is 0.491 e. The number of carbonyl (C=O) groups is 7. The van der Waals surface area contributed by atoms with Crippen LogP contribution in [0.15, 0.2) is 103 Å². The normalized spacial score (nSPS) is 24.6. The molecule has 27 nitrogen and oxygen atoms in total. The number of carboxylic acids is 2. The third-order valence-electron chi connectivity index (χ3n) is 19.3. The predicted molar refractivity (Wildman–Crippen MR) is 358 cm³/mol. The lowest BCUT2D eigenvalue weighted by Crippen LogP contribution is -2.64. The third kappa shape index (κ3) is 15.5. The number of anilines is 1. The molecule has 99 heavy (non-hydrogen) atoms. The second kappa shape index (κ2) is 28.9. The molecule has 2 unspecified atom stereocenters. The van der Waals surface area contributed by atoms with Crippen LogP contribution in [0.3, 0.4) is 0 Å². The van der Waals surface area contributed by atoms with Crippen LogP contribution in [-0.4, -0.2) is 191 Å². The zero-order chi connectivity index (χ0) is 70.0. The summed E-state index contributed by atoms with van der Waals surface area (Å²) in [5, 5.41) is 63.3. The number of nitrogens with one attached hydrogen (secondary N) is 2. The van der Waals surface area contributed by atoms with E-state index < -0.39 is 54.3 Å². The molecule has 13 rings (SSSR count). The Morgan fingerprint density at radius 2 is 1.56 bits per heavy atom. The number of aliphatic hydroxyl groups excluding tert-OH is 3. The smallest absolute Gasteiger partial charge is 0.409 e. The summed E-state index contributed by atoms with van der Waals surface area (Å²) < 4.78 is 38.6. The molecule has 0 radical (unpaired) electrons. The number of aromatic nitrogens is 5. The lowest BCUT2D eigenvalue weighted by molar-refractivity contribution is -0.271. The van der Waals surface area contributed by atoms with Crippen LogP contribution in [-0.2, 0) is 51.3 Å². The number of aromatic carboxylic acids is 1. The summed E-state index contributed by atoms with van der Waals surface area (Å²) in [5.74, 6) is -3.85. The van der Waals surface area contributed by atoms with Crippen molar-refractivity contribution in [3.05, 3.63) is 126 Å².